The largest absolute Gasteiger partial charge is 0.481 e. The summed E-state index contributed by atoms with van der Waals surface area (Å²) < 4.78 is 0. The van der Waals surface area contributed by atoms with Crippen molar-refractivity contribution in [2.24, 2.45) is 5.92 Å². The lowest BCUT2D eigenvalue weighted by atomic mass is 10.2. The zero-order chi connectivity index (χ0) is 12.7. The molecule has 1 unspecified atom stereocenters. The fourth-order valence-corrected chi connectivity index (χ4v) is 1.15. The number of hydrogen-bond donors (Lipinski definition) is 3. The fraction of sp³-hybridized carbons (Fsp3) is 0.545. The number of rotatable bonds is 7. The smallest absolute Gasteiger partial charge is 0.308 e. The minimum absolute atomic E-state index is 0.347. The van der Waals surface area contributed by atoms with Crippen LogP contribution in [0.2, 0.25) is 0 Å². The first-order chi connectivity index (χ1) is 8.13. The highest BCUT2D eigenvalue weighted by Crippen LogP contribution is 2.09. The Hall–Kier alpha value is -1.85. The molecule has 0 spiro atoms. The normalized spacial score (nSPS) is 11.9. The summed E-state index contributed by atoms with van der Waals surface area (Å²) in [6.07, 6.45) is 2.47. The zero-order valence-electron chi connectivity index (χ0n) is 10.1. The number of aliphatic carboxylic acids is 1. The predicted molar refractivity (Wildman–Crippen MR) is 66.1 cm³/mol. The van der Waals surface area contributed by atoms with Crippen LogP contribution in [0.4, 0.5) is 11.6 Å². The van der Waals surface area contributed by atoms with Crippen molar-refractivity contribution in [3.8, 4) is 0 Å². The molecule has 1 rings (SSSR count). The highest BCUT2D eigenvalue weighted by Gasteiger charge is 2.10. The maximum Gasteiger partial charge on any atom is 0.308 e. The van der Waals surface area contributed by atoms with Crippen molar-refractivity contribution in [1.82, 2.24) is 9.97 Å². The van der Waals surface area contributed by atoms with E-state index in [0.29, 0.717) is 12.4 Å². The second-order valence-electron chi connectivity index (χ2n) is 3.84. The summed E-state index contributed by atoms with van der Waals surface area (Å²) in [5, 5.41) is 14.9. The SMILES string of the molecule is CCCNc1cc(NCC(C)C(=O)O)ncn1. The molecular formula is C11H18N4O2. The Morgan fingerprint density at radius 2 is 2.06 bits per heavy atom. The van der Waals surface area contributed by atoms with E-state index in [0.717, 1.165) is 18.8 Å². The second-order valence-corrected chi connectivity index (χ2v) is 3.84. The summed E-state index contributed by atoms with van der Waals surface area (Å²) in [6, 6.07) is 1.77. The minimum atomic E-state index is -0.823. The van der Waals surface area contributed by atoms with E-state index >= 15 is 0 Å². The van der Waals surface area contributed by atoms with Crippen LogP contribution in [0.1, 0.15) is 20.3 Å². The number of carbonyl (C=O) groups is 1. The van der Waals surface area contributed by atoms with E-state index < -0.39 is 11.9 Å². The Kier molecular flexibility index (Phi) is 5.19. The van der Waals surface area contributed by atoms with Gasteiger partial charge in [-0.1, -0.05) is 13.8 Å². The van der Waals surface area contributed by atoms with Crippen LogP contribution in [-0.4, -0.2) is 34.1 Å². The van der Waals surface area contributed by atoms with Gasteiger partial charge < -0.3 is 15.7 Å². The first-order valence-electron chi connectivity index (χ1n) is 5.66. The van der Waals surface area contributed by atoms with Crippen molar-refractivity contribution in [2.45, 2.75) is 20.3 Å². The van der Waals surface area contributed by atoms with Crippen molar-refractivity contribution in [3.05, 3.63) is 12.4 Å². The molecule has 0 aliphatic carbocycles. The van der Waals surface area contributed by atoms with Gasteiger partial charge in [0.2, 0.25) is 0 Å². The van der Waals surface area contributed by atoms with Gasteiger partial charge in [-0.15, -0.1) is 0 Å². The molecule has 94 valence electrons. The molecule has 6 nitrogen and oxygen atoms in total. The van der Waals surface area contributed by atoms with E-state index in [-0.39, 0.29) is 0 Å². The van der Waals surface area contributed by atoms with Crippen LogP contribution < -0.4 is 10.6 Å². The molecular weight excluding hydrogens is 220 g/mol. The summed E-state index contributed by atoms with van der Waals surface area (Å²) >= 11 is 0. The van der Waals surface area contributed by atoms with Crippen LogP contribution in [0.3, 0.4) is 0 Å². The van der Waals surface area contributed by atoms with E-state index in [9.17, 15) is 4.79 Å². The molecule has 3 N–H and O–H groups in total. The lowest BCUT2D eigenvalue weighted by molar-refractivity contribution is -0.140. The van der Waals surface area contributed by atoms with Gasteiger partial charge in [0.15, 0.2) is 0 Å². The first-order valence-corrected chi connectivity index (χ1v) is 5.66. The molecule has 1 heterocycles. The summed E-state index contributed by atoms with van der Waals surface area (Å²) in [5.41, 5.74) is 0. The molecule has 0 aliphatic rings. The average molecular weight is 238 g/mol. The van der Waals surface area contributed by atoms with E-state index in [4.69, 9.17) is 5.11 Å². The van der Waals surface area contributed by atoms with Crippen LogP contribution in [-0.2, 0) is 4.79 Å². The summed E-state index contributed by atoms with van der Waals surface area (Å²) in [7, 11) is 0. The molecule has 0 aliphatic heterocycles. The predicted octanol–water partition coefficient (Wildman–Crippen LogP) is 1.43. The van der Waals surface area contributed by atoms with E-state index in [1.54, 1.807) is 13.0 Å². The second kappa shape index (κ2) is 6.67. The Labute approximate surface area is 100 Å². The van der Waals surface area contributed by atoms with Crippen molar-refractivity contribution in [3.63, 3.8) is 0 Å². The quantitative estimate of drug-likeness (QED) is 0.666. The number of carboxylic acid groups (broad SMARTS) is 1. The summed E-state index contributed by atoms with van der Waals surface area (Å²) in [4.78, 5) is 18.7. The van der Waals surface area contributed by atoms with Gasteiger partial charge in [0.1, 0.15) is 18.0 Å². The third kappa shape index (κ3) is 4.67. The first kappa shape index (κ1) is 13.2. The van der Waals surface area contributed by atoms with Crippen LogP contribution in [0.15, 0.2) is 12.4 Å². The van der Waals surface area contributed by atoms with Crippen molar-refractivity contribution in [2.75, 3.05) is 23.7 Å². The Bertz CT molecular complexity index is 370. The van der Waals surface area contributed by atoms with Crippen LogP contribution >= 0.6 is 0 Å². The van der Waals surface area contributed by atoms with Gasteiger partial charge in [-0.2, -0.15) is 0 Å². The number of carboxylic acids is 1. The lowest BCUT2D eigenvalue weighted by Gasteiger charge is -2.10. The molecule has 0 fully saturated rings. The van der Waals surface area contributed by atoms with E-state index in [2.05, 4.69) is 27.5 Å². The Morgan fingerprint density at radius 3 is 2.65 bits per heavy atom. The lowest BCUT2D eigenvalue weighted by Crippen LogP contribution is -2.20. The molecule has 0 radical (unpaired) electrons. The molecule has 17 heavy (non-hydrogen) atoms. The molecule has 1 aromatic rings. The number of anilines is 2. The van der Waals surface area contributed by atoms with Gasteiger partial charge >= 0.3 is 5.97 Å². The van der Waals surface area contributed by atoms with Gasteiger partial charge in [-0.25, -0.2) is 9.97 Å². The third-order valence-electron chi connectivity index (χ3n) is 2.23. The van der Waals surface area contributed by atoms with Crippen molar-refractivity contribution < 1.29 is 9.90 Å². The average Bonchev–Trinajstić information content (AvgIpc) is 2.33. The van der Waals surface area contributed by atoms with Crippen molar-refractivity contribution in [1.29, 1.82) is 0 Å². The number of nitrogens with one attached hydrogen (secondary N) is 2. The van der Waals surface area contributed by atoms with Crippen LogP contribution in [0.5, 0.6) is 0 Å². The van der Waals surface area contributed by atoms with Crippen LogP contribution in [0, 0.1) is 5.92 Å². The fourth-order valence-electron chi connectivity index (χ4n) is 1.15. The van der Waals surface area contributed by atoms with Crippen molar-refractivity contribution >= 4 is 17.6 Å². The minimum Gasteiger partial charge on any atom is -0.481 e. The topological polar surface area (TPSA) is 87.1 Å². The van der Waals surface area contributed by atoms with Gasteiger partial charge in [-0.3, -0.25) is 4.79 Å². The molecule has 1 atom stereocenters. The van der Waals surface area contributed by atoms with E-state index in [1.807, 2.05) is 0 Å². The van der Waals surface area contributed by atoms with Crippen LogP contribution in [0.25, 0.3) is 0 Å². The standard InChI is InChI=1S/C11H18N4O2/c1-3-4-12-9-5-10(15-7-14-9)13-6-8(2)11(16)17/h5,7-8H,3-4,6H2,1-2H3,(H,16,17)(H2,12,13,14,15). The maximum atomic E-state index is 10.6. The molecule has 0 aromatic carbocycles. The summed E-state index contributed by atoms with van der Waals surface area (Å²) in [5.74, 6) is 0.104. The molecule has 0 saturated heterocycles. The number of nitrogens with zero attached hydrogens (tertiary/aromatic N) is 2. The van der Waals surface area contributed by atoms with Gasteiger partial charge in [-0.05, 0) is 6.42 Å². The van der Waals surface area contributed by atoms with Gasteiger partial charge in [0.25, 0.3) is 0 Å². The highest BCUT2D eigenvalue weighted by atomic mass is 16.4. The monoisotopic (exact) mass is 238 g/mol. The molecule has 0 saturated carbocycles. The molecule has 6 heteroatoms. The number of aromatic nitrogens is 2. The van der Waals surface area contributed by atoms with Gasteiger partial charge in [0, 0.05) is 19.2 Å². The molecule has 0 bridgehead atoms. The molecule has 1 aromatic heterocycles. The Balaban J connectivity index is 2.50. The molecule has 0 amide bonds. The maximum absolute atomic E-state index is 10.6. The Morgan fingerprint density at radius 1 is 1.41 bits per heavy atom. The highest BCUT2D eigenvalue weighted by molar-refractivity contribution is 5.70. The van der Waals surface area contributed by atoms with Gasteiger partial charge in [0.05, 0.1) is 5.92 Å². The number of hydrogen-bond acceptors (Lipinski definition) is 5. The van der Waals surface area contributed by atoms with E-state index in [1.165, 1.54) is 6.33 Å². The third-order valence-corrected chi connectivity index (χ3v) is 2.23. The zero-order valence-corrected chi connectivity index (χ0v) is 10.1. The summed E-state index contributed by atoms with van der Waals surface area (Å²) in [6.45, 7) is 4.91.